The van der Waals surface area contributed by atoms with Crippen LogP contribution in [0.15, 0.2) is 36.4 Å². The summed E-state index contributed by atoms with van der Waals surface area (Å²) in [6.07, 6.45) is 0.985. The molecule has 0 atom stereocenters. The van der Waals surface area contributed by atoms with E-state index in [9.17, 15) is 4.79 Å². The second kappa shape index (κ2) is 9.34. The summed E-state index contributed by atoms with van der Waals surface area (Å²) < 4.78 is 15.9. The maximum absolute atomic E-state index is 12.5. The van der Waals surface area contributed by atoms with Gasteiger partial charge in [-0.05, 0) is 42.3 Å². The Kier molecular flexibility index (Phi) is 7.16. The van der Waals surface area contributed by atoms with Gasteiger partial charge in [0.15, 0.2) is 0 Å². The van der Waals surface area contributed by atoms with Crippen molar-refractivity contribution in [3.63, 3.8) is 0 Å². The van der Waals surface area contributed by atoms with Gasteiger partial charge in [0.05, 0.1) is 21.3 Å². The highest BCUT2D eigenvalue weighted by Crippen LogP contribution is 2.25. The first-order chi connectivity index (χ1) is 12.5. The fourth-order valence-electron chi connectivity index (χ4n) is 2.67. The van der Waals surface area contributed by atoms with Gasteiger partial charge in [-0.15, -0.1) is 0 Å². The topological polar surface area (TPSA) is 48.0 Å². The molecule has 0 saturated heterocycles. The fourth-order valence-corrected chi connectivity index (χ4v) is 2.86. The highest BCUT2D eigenvalue weighted by molar-refractivity contribution is 6.30. The monoisotopic (exact) mass is 377 g/mol. The molecule has 0 aromatic heterocycles. The number of ether oxygens (including phenoxy) is 3. The van der Waals surface area contributed by atoms with E-state index >= 15 is 0 Å². The van der Waals surface area contributed by atoms with E-state index in [1.165, 1.54) is 0 Å². The molecule has 2 rings (SSSR count). The molecule has 0 bridgehead atoms. The average molecular weight is 378 g/mol. The number of carbonyl (C=O) groups is 1. The summed E-state index contributed by atoms with van der Waals surface area (Å²) in [6.45, 7) is 0.435. The zero-order valence-corrected chi connectivity index (χ0v) is 16.3. The number of nitrogens with zero attached hydrogens (tertiary/aromatic N) is 1. The van der Waals surface area contributed by atoms with Crippen molar-refractivity contribution in [2.24, 2.45) is 0 Å². The van der Waals surface area contributed by atoms with Crippen LogP contribution >= 0.6 is 11.6 Å². The zero-order valence-electron chi connectivity index (χ0n) is 15.5. The van der Waals surface area contributed by atoms with E-state index in [2.05, 4.69) is 0 Å². The van der Waals surface area contributed by atoms with Gasteiger partial charge in [-0.2, -0.15) is 0 Å². The molecule has 0 N–H and O–H groups in total. The van der Waals surface area contributed by atoms with E-state index in [1.54, 1.807) is 45.4 Å². The van der Waals surface area contributed by atoms with Gasteiger partial charge in [-0.25, -0.2) is 0 Å². The number of aryl methyl sites for hydroxylation is 1. The lowest BCUT2D eigenvalue weighted by Crippen LogP contribution is -2.26. The van der Waals surface area contributed by atoms with E-state index in [4.69, 9.17) is 25.8 Å². The van der Waals surface area contributed by atoms with Crippen LogP contribution in [0, 0.1) is 0 Å². The molecule has 140 valence electrons. The smallest absolute Gasteiger partial charge is 0.222 e. The van der Waals surface area contributed by atoms with Crippen LogP contribution in [-0.4, -0.2) is 39.2 Å². The quantitative estimate of drug-likeness (QED) is 0.698. The van der Waals surface area contributed by atoms with Crippen LogP contribution in [0.1, 0.15) is 17.5 Å². The number of carbonyl (C=O) groups excluding carboxylic acids is 1. The third-order valence-corrected chi connectivity index (χ3v) is 4.35. The summed E-state index contributed by atoms with van der Waals surface area (Å²) >= 11 is 6.05. The second-order valence-corrected chi connectivity index (χ2v) is 6.36. The number of hydrogen-bond acceptors (Lipinski definition) is 4. The van der Waals surface area contributed by atoms with Crippen LogP contribution < -0.4 is 14.2 Å². The van der Waals surface area contributed by atoms with Crippen LogP contribution in [0.3, 0.4) is 0 Å². The molecular weight excluding hydrogens is 354 g/mol. The minimum Gasteiger partial charge on any atom is -0.497 e. The summed E-state index contributed by atoms with van der Waals surface area (Å²) in [4.78, 5) is 14.2. The third kappa shape index (κ3) is 5.30. The van der Waals surface area contributed by atoms with Crippen molar-refractivity contribution in [1.29, 1.82) is 0 Å². The first-order valence-corrected chi connectivity index (χ1v) is 8.63. The fraction of sp³-hybridized carbons (Fsp3) is 0.350. The van der Waals surface area contributed by atoms with Crippen LogP contribution in [0.5, 0.6) is 17.2 Å². The minimum atomic E-state index is 0.0359. The number of halogens is 1. The molecule has 5 nitrogen and oxygen atoms in total. The molecule has 0 spiro atoms. The SMILES string of the molecule is COc1cc(CCC(=O)N(C)Cc2cc(Cl)ccc2OC)cc(OC)c1. The maximum atomic E-state index is 12.5. The van der Waals surface area contributed by atoms with Crippen LogP contribution in [0.25, 0.3) is 0 Å². The zero-order chi connectivity index (χ0) is 19.1. The van der Waals surface area contributed by atoms with Gasteiger partial charge in [0.1, 0.15) is 17.2 Å². The molecule has 0 saturated carbocycles. The Morgan fingerprint density at radius 3 is 2.23 bits per heavy atom. The van der Waals surface area contributed by atoms with Gasteiger partial charge in [0.2, 0.25) is 5.91 Å². The molecule has 1 amide bonds. The van der Waals surface area contributed by atoms with Crippen molar-refractivity contribution in [2.45, 2.75) is 19.4 Å². The summed E-state index contributed by atoms with van der Waals surface area (Å²) in [5.41, 5.74) is 1.86. The number of amides is 1. The Balaban J connectivity index is 2.01. The Morgan fingerprint density at radius 1 is 1.00 bits per heavy atom. The van der Waals surface area contributed by atoms with Crippen molar-refractivity contribution in [1.82, 2.24) is 4.90 Å². The molecule has 0 aliphatic heterocycles. The van der Waals surface area contributed by atoms with E-state index in [1.807, 2.05) is 24.3 Å². The van der Waals surface area contributed by atoms with E-state index in [-0.39, 0.29) is 5.91 Å². The molecule has 0 aliphatic carbocycles. The summed E-state index contributed by atoms with van der Waals surface area (Å²) in [5, 5.41) is 0.616. The Morgan fingerprint density at radius 2 is 1.65 bits per heavy atom. The maximum Gasteiger partial charge on any atom is 0.222 e. The van der Waals surface area contributed by atoms with Gasteiger partial charge in [0.25, 0.3) is 0 Å². The number of methoxy groups -OCH3 is 3. The summed E-state index contributed by atoms with van der Waals surface area (Å²) in [5.74, 6) is 2.17. The Hall–Kier alpha value is -2.40. The third-order valence-electron chi connectivity index (χ3n) is 4.11. The van der Waals surface area contributed by atoms with Crippen molar-refractivity contribution in [3.8, 4) is 17.2 Å². The molecule has 2 aromatic carbocycles. The molecule has 6 heteroatoms. The van der Waals surface area contributed by atoms with Crippen LogP contribution in [0.2, 0.25) is 5.02 Å². The number of benzene rings is 2. The first kappa shape index (κ1) is 19.9. The standard InChI is InChI=1S/C20H24ClNO4/c1-22(13-15-11-16(21)6-7-19(15)26-4)20(23)8-5-14-9-17(24-2)12-18(10-14)25-3/h6-7,9-12H,5,8,13H2,1-4H3. The molecule has 0 fully saturated rings. The molecule has 0 heterocycles. The summed E-state index contributed by atoms with van der Waals surface area (Å²) in [7, 11) is 6.59. The van der Waals surface area contributed by atoms with E-state index in [0.717, 1.165) is 11.1 Å². The lowest BCUT2D eigenvalue weighted by molar-refractivity contribution is -0.130. The summed E-state index contributed by atoms with van der Waals surface area (Å²) in [6, 6.07) is 11.0. The predicted octanol–water partition coefficient (Wildman–Crippen LogP) is 3.96. The highest BCUT2D eigenvalue weighted by atomic mass is 35.5. The first-order valence-electron chi connectivity index (χ1n) is 8.25. The predicted molar refractivity (Wildman–Crippen MR) is 102 cm³/mol. The molecule has 0 aliphatic rings. The number of rotatable bonds is 8. The Labute approximate surface area is 159 Å². The van der Waals surface area contributed by atoms with Gasteiger partial charge in [-0.3, -0.25) is 4.79 Å². The van der Waals surface area contributed by atoms with Gasteiger partial charge >= 0.3 is 0 Å². The lowest BCUT2D eigenvalue weighted by atomic mass is 10.1. The number of hydrogen-bond donors (Lipinski definition) is 0. The van der Waals surface area contributed by atoms with Crippen LogP contribution in [-0.2, 0) is 17.8 Å². The molecule has 0 radical (unpaired) electrons. The second-order valence-electron chi connectivity index (χ2n) is 5.93. The average Bonchev–Trinajstić information content (AvgIpc) is 2.65. The van der Waals surface area contributed by atoms with E-state index < -0.39 is 0 Å². The normalized spacial score (nSPS) is 10.3. The lowest BCUT2D eigenvalue weighted by Gasteiger charge is -2.19. The largest absolute Gasteiger partial charge is 0.497 e. The van der Waals surface area contributed by atoms with E-state index in [0.29, 0.717) is 41.7 Å². The van der Waals surface area contributed by atoms with Crippen LogP contribution in [0.4, 0.5) is 0 Å². The molecule has 26 heavy (non-hydrogen) atoms. The molecule has 2 aromatic rings. The van der Waals surface area contributed by atoms with Crippen molar-refractivity contribution < 1.29 is 19.0 Å². The highest BCUT2D eigenvalue weighted by Gasteiger charge is 2.13. The van der Waals surface area contributed by atoms with Gasteiger partial charge in [-0.1, -0.05) is 11.6 Å². The Bertz CT molecular complexity index is 741. The molecular formula is C20H24ClNO4. The minimum absolute atomic E-state index is 0.0359. The van der Waals surface area contributed by atoms with Crippen molar-refractivity contribution >= 4 is 17.5 Å². The van der Waals surface area contributed by atoms with Gasteiger partial charge in [0, 0.05) is 36.7 Å². The van der Waals surface area contributed by atoms with Crippen molar-refractivity contribution in [2.75, 3.05) is 28.4 Å². The molecule has 0 unspecified atom stereocenters. The van der Waals surface area contributed by atoms with Crippen molar-refractivity contribution in [3.05, 3.63) is 52.5 Å². The van der Waals surface area contributed by atoms with Gasteiger partial charge < -0.3 is 19.1 Å².